The van der Waals surface area contributed by atoms with Gasteiger partial charge in [0, 0.05) is 37.5 Å². The number of aliphatic hydroxyl groups is 1. The van der Waals surface area contributed by atoms with E-state index in [1.54, 1.807) is 17.0 Å². The number of hydrogen-bond acceptors (Lipinski definition) is 9. The van der Waals surface area contributed by atoms with Crippen LogP contribution in [0, 0.1) is 11.7 Å². The van der Waals surface area contributed by atoms with Gasteiger partial charge in [-0.2, -0.15) is 0 Å². The monoisotopic (exact) mass is 633 g/mol. The molecule has 1 saturated heterocycles. The number of sulfonamides is 1. The molecule has 3 aliphatic heterocycles. The number of fused-ring (bicyclic) bond motifs is 3. The minimum atomic E-state index is -3.85. The first-order valence-corrected chi connectivity index (χ1v) is 17.0. The van der Waals surface area contributed by atoms with E-state index in [-0.39, 0.29) is 38.3 Å². The first-order valence-electron chi connectivity index (χ1n) is 15.4. The van der Waals surface area contributed by atoms with Crippen molar-refractivity contribution in [2.24, 2.45) is 11.7 Å². The standard InChI is InChI=1S/C30H40FN5O7S/c31-23-9-6-7-18-15-35(17-22(18)23)29(40)43-20-13-25-26(37)33-30(28(39)34-44(41,42)21-11-12-21)14-19(30)8-4-2-1-3-5-10-24(32)27(38)36(25)16-20/h4,6-9,19-21,24-25,29,40H,1-3,5,10-17,32H2,(H,33,37)(H,34,39)/b8-4-/t19-,20-,24+,25+,29?,30-/m1/s1. The number of nitrogens with two attached hydrogens (primary N) is 1. The lowest BCUT2D eigenvalue weighted by Crippen LogP contribution is -2.57. The molecule has 1 aromatic carbocycles. The van der Waals surface area contributed by atoms with Gasteiger partial charge >= 0.3 is 0 Å². The minimum absolute atomic E-state index is 0.0184. The highest BCUT2D eigenvalue weighted by atomic mass is 32.2. The average molecular weight is 634 g/mol. The molecule has 6 atom stereocenters. The highest BCUT2D eigenvalue weighted by Gasteiger charge is 2.62. The second-order valence-corrected chi connectivity index (χ2v) is 14.7. The molecule has 2 aliphatic carbocycles. The van der Waals surface area contributed by atoms with Crippen molar-refractivity contribution in [1.29, 1.82) is 0 Å². The summed E-state index contributed by atoms with van der Waals surface area (Å²) in [6, 6.07) is 2.85. The van der Waals surface area contributed by atoms with Crippen LogP contribution < -0.4 is 15.8 Å². The fourth-order valence-electron chi connectivity index (χ4n) is 6.58. The summed E-state index contributed by atoms with van der Waals surface area (Å²) in [5.74, 6) is -2.60. The molecule has 3 amide bonds. The molecule has 0 spiro atoms. The lowest BCUT2D eigenvalue weighted by molar-refractivity contribution is -0.218. The number of carbonyl (C=O) groups is 3. The Kier molecular flexibility index (Phi) is 8.56. The molecule has 240 valence electrons. The highest BCUT2D eigenvalue weighted by molar-refractivity contribution is 7.91. The Balaban J connectivity index is 1.20. The van der Waals surface area contributed by atoms with Crippen molar-refractivity contribution in [2.45, 2.75) is 106 Å². The van der Waals surface area contributed by atoms with Crippen LogP contribution in [0.4, 0.5) is 4.39 Å². The molecule has 6 rings (SSSR count). The smallest absolute Gasteiger partial charge is 0.259 e. The maximum Gasteiger partial charge on any atom is 0.259 e. The van der Waals surface area contributed by atoms with Gasteiger partial charge in [0.05, 0.1) is 17.4 Å². The third-order valence-electron chi connectivity index (χ3n) is 9.46. The third kappa shape index (κ3) is 6.27. The maximum absolute atomic E-state index is 14.3. The van der Waals surface area contributed by atoms with E-state index in [0.29, 0.717) is 24.8 Å². The predicted molar refractivity (Wildman–Crippen MR) is 156 cm³/mol. The third-order valence-corrected chi connectivity index (χ3v) is 11.3. The first kappa shape index (κ1) is 31.1. The largest absolute Gasteiger partial charge is 0.356 e. The topological polar surface area (TPSA) is 171 Å². The van der Waals surface area contributed by atoms with E-state index in [0.717, 1.165) is 31.2 Å². The summed E-state index contributed by atoms with van der Waals surface area (Å²) < 4.78 is 47.6. The van der Waals surface area contributed by atoms with Crippen LogP contribution in [0.15, 0.2) is 30.4 Å². The zero-order valence-corrected chi connectivity index (χ0v) is 25.3. The molecule has 0 radical (unpaired) electrons. The second-order valence-electron chi connectivity index (χ2n) is 12.7. The summed E-state index contributed by atoms with van der Waals surface area (Å²) >= 11 is 0. The van der Waals surface area contributed by atoms with Crippen LogP contribution in [0.3, 0.4) is 0 Å². The molecular weight excluding hydrogens is 593 g/mol. The van der Waals surface area contributed by atoms with Crippen LogP contribution in [-0.4, -0.2) is 83.0 Å². The molecule has 12 nitrogen and oxygen atoms in total. The van der Waals surface area contributed by atoms with E-state index in [4.69, 9.17) is 10.5 Å². The molecule has 44 heavy (non-hydrogen) atoms. The number of nitrogens with one attached hydrogen (secondary N) is 2. The van der Waals surface area contributed by atoms with E-state index in [9.17, 15) is 32.3 Å². The first-order chi connectivity index (χ1) is 21.0. The van der Waals surface area contributed by atoms with E-state index < -0.39 is 69.1 Å². The van der Waals surface area contributed by atoms with Gasteiger partial charge in [0.2, 0.25) is 28.3 Å². The quantitative estimate of drug-likeness (QED) is 0.261. The summed E-state index contributed by atoms with van der Waals surface area (Å²) in [4.78, 5) is 43.7. The lowest BCUT2D eigenvalue weighted by Gasteiger charge is -2.28. The number of rotatable bonds is 6. The number of halogens is 1. The maximum atomic E-state index is 14.3. The van der Waals surface area contributed by atoms with E-state index in [2.05, 4.69) is 10.0 Å². The summed E-state index contributed by atoms with van der Waals surface area (Å²) in [6.45, 7) is 0.397. The number of carbonyl (C=O) groups excluding carboxylic acids is 3. The molecule has 3 heterocycles. The van der Waals surface area contributed by atoms with Crippen LogP contribution >= 0.6 is 0 Å². The summed E-state index contributed by atoms with van der Waals surface area (Å²) in [5, 5.41) is 13.1. The van der Waals surface area contributed by atoms with Crippen molar-refractivity contribution in [3.63, 3.8) is 0 Å². The molecular formula is C30H40FN5O7S. The van der Waals surface area contributed by atoms with Crippen molar-refractivity contribution in [2.75, 3.05) is 6.54 Å². The Hall–Kier alpha value is -2.91. The van der Waals surface area contributed by atoms with E-state index in [1.807, 2.05) is 12.2 Å². The summed E-state index contributed by atoms with van der Waals surface area (Å²) in [7, 11) is -3.85. The number of hydrogen-bond donors (Lipinski definition) is 4. The van der Waals surface area contributed by atoms with Gasteiger partial charge in [0.25, 0.3) is 5.91 Å². The van der Waals surface area contributed by atoms with Gasteiger partial charge in [0.1, 0.15) is 17.4 Å². The molecule has 3 fully saturated rings. The van der Waals surface area contributed by atoms with E-state index >= 15 is 0 Å². The molecule has 5 N–H and O–H groups in total. The molecule has 2 saturated carbocycles. The molecule has 1 unspecified atom stereocenters. The Bertz CT molecular complexity index is 1450. The molecule has 14 heteroatoms. The van der Waals surface area contributed by atoms with Crippen molar-refractivity contribution >= 4 is 27.7 Å². The number of benzene rings is 1. The van der Waals surface area contributed by atoms with Gasteiger partial charge in [-0.1, -0.05) is 37.1 Å². The number of nitrogens with zero attached hydrogens (tertiary/aromatic N) is 2. The molecule has 5 aliphatic rings. The van der Waals surface area contributed by atoms with Gasteiger partial charge < -0.3 is 25.8 Å². The Morgan fingerprint density at radius 3 is 2.73 bits per heavy atom. The predicted octanol–water partition coefficient (Wildman–Crippen LogP) is 0.734. The Morgan fingerprint density at radius 1 is 1.18 bits per heavy atom. The Labute approximate surface area is 256 Å². The molecule has 1 aromatic rings. The Morgan fingerprint density at radius 2 is 1.98 bits per heavy atom. The number of allylic oxidation sites excluding steroid dienone is 1. The van der Waals surface area contributed by atoms with Gasteiger partial charge in [-0.15, -0.1) is 0 Å². The number of aliphatic hydroxyl groups excluding tert-OH is 1. The fourth-order valence-corrected chi connectivity index (χ4v) is 7.94. The van der Waals surface area contributed by atoms with Crippen LogP contribution in [0.25, 0.3) is 0 Å². The summed E-state index contributed by atoms with van der Waals surface area (Å²) in [5.41, 5.74) is 6.04. The van der Waals surface area contributed by atoms with Crippen molar-refractivity contribution < 1.29 is 37.0 Å². The zero-order valence-electron chi connectivity index (χ0n) is 24.5. The van der Waals surface area contributed by atoms with Gasteiger partial charge in [-0.3, -0.25) is 19.1 Å². The molecule has 0 aromatic heterocycles. The summed E-state index contributed by atoms with van der Waals surface area (Å²) in [6.07, 6.45) is 6.46. The van der Waals surface area contributed by atoms with Crippen LogP contribution in [0.5, 0.6) is 0 Å². The van der Waals surface area contributed by atoms with E-state index in [1.165, 1.54) is 11.0 Å². The second kappa shape index (κ2) is 12.1. The van der Waals surface area contributed by atoms with Gasteiger partial charge in [-0.05, 0) is 50.2 Å². The van der Waals surface area contributed by atoms with Crippen molar-refractivity contribution in [3.05, 3.63) is 47.3 Å². The normalized spacial score (nSPS) is 32.8. The minimum Gasteiger partial charge on any atom is -0.356 e. The van der Waals surface area contributed by atoms with Crippen molar-refractivity contribution in [1.82, 2.24) is 19.8 Å². The van der Waals surface area contributed by atoms with Crippen molar-refractivity contribution in [3.8, 4) is 0 Å². The van der Waals surface area contributed by atoms with Crippen LogP contribution in [-0.2, 0) is 42.2 Å². The number of amides is 3. The molecule has 0 bridgehead atoms. The lowest BCUT2D eigenvalue weighted by atomic mass is 10.1. The fraction of sp³-hybridized carbons (Fsp3) is 0.633. The van der Waals surface area contributed by atoms with Crippen LogP contribution in [0.1, 0.15) is 68.9 Å². The zero-order chi connectivity index (χ0) is 31.2. The van der Waals surface area contributed by atoms with Crippen LogP contribution in [0.2, 0.25) is 0 Å². The highest BCUT2D eigenvalue weighted by Crippen LogP contribution is 2.46. The SMILES string of the molecule is N[C@H]1CCCCC/C=C\[C@@H]2C[C@@]2(C(=O)NS(=O)(=O)C2CC2)NC(=O)[C@@H]2C[C@@H](OC(O)N3Cc4cccc(F)c4C3)CN2C1=O. The van der Waals surface area contributed by atoms with Gasteiger partial charge in [-0.25, -0.2) is 17.7 Å². The number of ether oxygens (including phenoxy) is 1. The van der Waals surface area contributed by atoms with Gasteiger partial charge in [0.15, 0.2) is 0 Å². The average Bonchev–Trinajstić information content (AvgIpc) is 3.86.